The number of nitrogens with one attached hydrogen (secondary N) is 1. The highest BCUT2D eigenvalue weighted by Gasteiger charge is 2.09. The van der Waals surface area contributed by atoms with Gasteiger partial charge in [0.2, 0.25) is 0 Å². The van der Waals surface area contributed by atoms with Crippen LogP contribution in [0.2, 0.25) is 0 Å². The van der Waals surface area contributed by atoms with Crippen LogP contribution < -0.4 is 5.32 Å². The van der Waals surface area contributed by atoms with E-state index in [-0.39, 0.29) is 0 Å². The average Bonchev–Trinajstić information content (AvgIpc) is 3.26. The molecule has 0 aliphatic carbocycles. The van der Waals surface area contributed by atoms with E-state index in [0.29, 0.717) is 0 Å². The van der Waals surface area contributed by atoms with E-state index in [1.807, 2.05) is 29.9 Å². The summed E-state index contributed by atoms with van der Waals surface area (Å²) in [7, 11) is 1.98. The normalized spacial score (nSPS) is 11.1. The molecule has 4 aromatic rings. The Labute approximate surface area is 144 Å². The van der Waals surface area contributed by atoms with Gasteiger partial charge in [-0.2, -0.15) is 0 Å². The molecule has 0 aliphatic rings. The highest BCUT2D eigenvalue weighted by Crippen LogP contribution is 2.28. The maximum Gasteiger partial charge on any atom is 0.132 e. The van der Waals surface area contributed by atoms with Crippen LogP contribution in [0.4, 0.5) is 11.5 Å². The van der Waals surface area contributed by atoms with E-state index < -0.39 is 0 Å². The summed E-state index contributed by atoms with van der Waals surface area (Å²) >= 11 is 1.70. The molecule has 0 saturated heterocycles. The Bertz CT molecular complexity index is 988. The molecule has 4 heterocycles. The second-order valence-electron chi connectivity index (χ2n) is 5.60. The van der Waals surface area contributed by atoms with Crippen LogP contribution in [0.25, 0.3) is 21.6 Å². The average molecular weight is 335 g/mol. The van der Waals surface area contributed by atoms with Gasteiger partial charge in [-0.15, -0.1) is 11.3 Å². The van der Waals surface area contributed by atoms with Gasteiger partial charge < -0.3 is 9.88 Å². The van der Waals surface area contributed by atoms with E-state index in [0.717, 1.165) is 34.7 Å². The number of rotatable bonds is 4. The third-order valence-electron chi connectivity index (χ3n) is 4.02. The van der Waals surface area contributed by atoms with Crippen molar-refractivity contribution in [1.82, 2.24) is 19.5 Å². The monoisotopic (exact) mass is 335 g/mol. The molecule has 0 saturated carbocycles. The molecular formula is C18H17N5S. The molecule has 0 aromatic carbocycles. The van der Waals surface area contributed by atoms with Crippen LogP contribution in [0.3, 0.4) is 0 Å². The fourth-order valence-corrected chi connectivity index (χ4v) is 3.39. The summed E-state index contributed by atoms with van der Waals surface area (Å²) in [5.41, 5.74) is 5.17. The molecule has 0 unspecified atom stereocenters. The lowest BCUT2D eigenvalue weighted by atomic mass is 10.1. The van der Waals surface area contributed by atoms with Crippen molar-refractivity contribution in [2.24, 2.45) is 7.05 Å². The Morgan fingerprint density at radius 2 is 2.08 bits per heavy atom. The van der Waals surface area contributed by atoms with Gasteiger partial charge in [0, 0.05) is 13.1 Å². The molecule has 0 amide bonds. The molecule has 5 nitrogen and oxygen atoms in total. The maximum absolute atomic E-state index is 4.60. The lowest BCUT2D eigenvalue weighted by Crippen LogP contribution is -1.99. The number of imidazole rings is 1. The fraction of sp³-hybridized carbons (Fsp3) is 0.167. The minimum atomic E-state index is 0.798. The summed E-state index contributed by atoms with van der Waals surface area (Å²) in [6.45, 7) is 2.15. The van der Waals surface area contributed by atoms with Crippen molar-refractivity contribution in [3.05, 3.63) is 53.9 Å². The Balaban J connectivity index is 1.68. The summed E-state index contributed by atoms with van der Waals surface area (Å²) in [6.07, 6.45) is 6.40. The summed E-state index contributed by atoms with van der Waals surface area (Å²) in [5.74, 6) is 0.798. The molecule has 4 aromatic heterocycles. The smallest absolute Gasteiger partial charge is 0.132 e. The first-order valence-electron chi connectivity index (χ1n) is 7.81. The number of thiophene rings is 1. The van der Waals surface area contributed by atoms with Crippen molar-refractivity contribution in [3.63, 3.8) is 0 Å². The largest absolute Gasteiger partial charge is 0.339 e. The van der Waals surface area contributed by atoms with Gasteiger partial charge in [-0.25, -0.2) is 9.97 Å². The summed E-state index contributed by atoms with van der Waals surface area (Å²) < 4.78 is 1.99. The standard InChI is InChI=1S/C18H17N5S/c1-3-12-7-13(17-5-4-6-24-17)19-9-14(12)22-18-8-16-15(10-20-18)21-11-23(16)2/h4-11H,3H2,1-2H3,(H,20,22). The topological polar surface area (TPSA) is 55.6 Å². The van der Waals surface area contributed by atoms with Crippen LogP contribution in [0.15, 0.2) is 48.4 Å². The van der Waals surface area contributed by atoms with Crippen molar-refractivity contribution >= 4 is 33.9 Å². The zero-order valence-corrected chi connectivity index (χ0v) is 14.3. The number of hydrogen-bond acceptors (Lipinski definition) is 5. The highest BCUT2D eigenvalue weighted by atomic mass is 32.1. The van der Waals surface area contributed by atoms with Gasteiger partial charge in [0.1, 0.15) is 11.3 Å². The fourth-order valence-electron chi connectivity index (χ4n) is 2.70. The first-order valence-corrected chi connectivity index (χ1v) is 8.69. The van der Waals surface area contributed by atoms with Crippen molar-refractivity contribution in [1.29, 1.82) is 0 Å². The van der Waals surface area contributed by atoms with E-state index in [2.05, 4.69) is 44.7 Å². The molecule has 0 atom stereocenters. The quantitative estimate of drug-likeness (QED) is 0.600. The molecule has 1 N–H and O–H groups in total. The molecule has 0 spiro atoms. The third-order valence-corrected chi connectivity index (χ3v) is 4.91. The number of nitrogens with zero attached hydrogens (tertiary/aromatic N) is 4. The minimum absolute atomic E-state index is 0.798. The van der Waals surface area contributed by atoms with Gasteiger partial charge in [0.05, 0.1) is 40.5 Å². The first kappa shape index (κ1) is 14.8. The van der Waals surface area contributed by atoms with Gasteiger partial charge in [0.15, 0.2) is 0 Å². The Hall–Kier alpha value is -2.73. The molecule has 6 heteroatoms. The van der Waals surface area contributed by atoms with Crippen LogP contribution in [0, 0.1) is 0 Å². The summed E-state index contributed by atoms with van der Waals surface area (Å²) in [5, 5.41) is 5.47. The van der Waals surface area contributed by atoms with Crippen LogP contribution >= 0.6 is 11.3 Å². The molecule has 0 fully saturated rings. The maximum atomic E-state index is 4.60. The lowest BCUT2D eigenvalue weighted by molar-refractivity contribution is 0.947. The van der Waals surface area contributed by atoms with E-state index in [1.165, 1.54) is 10.4 Å². The number of fused-ring (bicyclic) bond motifs is 1. The van der Waals surface area contributed by atoms with Crippen LogP contribution in [0.1, 0.15) is 12.5 Å². The predicted molar refractivity (Wildman–Crippen MR) is 98.7 cm³/mol. The number of pyridine rings is 2. The lowest BCUT2D eigenvalue weighted by Gasteiger charge is -2.11. The van der Waals surface area contributed by atoms with Crippen LogP contribution in [0.5, 0.6) is 0 Å². The van der Waals surface area contributed by atoms with Crippen molar-refractivity contribution in [2.75, 3.05) is 5.32 Å². The highest BCUT2D eigenvalue weighted by molar-refractivity contribution is 7.13. The number of aromatic nitrogens is 4. The Morgan fingerprint density at radius 3 is 2.88 bits per heavy atom. The summed E-state index contributed by atoms with van der Waals surface area (Å²) in [4.78, 5) is 14.5. The zero-order chi connectivity index (χ0) is 16.5. The van der Waals surface area contributed by atoms with Crippen molar-refractivity contribution in [2.45, 2.75) is 13.3 Å². The second-order valence-corrected chi connectivity index (χ2v) is 6.54. The first-order chi connectivity index (χ1) is 11.7. The van der Waals surface area contributed by atoms with Gasteiger partial charge in [0.25, 0.3) is 0 Å². The van der Waals surface area contributed by atoms with E-state index in [1.54, 1.807) is 23.9 Å². The predicted octanol–water partition coefficient (Wildman–Crippen LogP) is 4.40. The van der Waals surface area contributed by atoms with Gasteiger partial charge in [-0.1, -0.05) is 13.0 Å². The molecule has 4 rings (SSSR count). The van der Waals surface area contributed by atoms with Gasteiger partial charge in [-0.05, 0) is 29.5 Å². The van der Waals surface area contributed by atoms with Crippen molar-refractivity contribution in [3.8, 4) is 10.6 Å². The van der Waals surface area contributed by atoms with E-state index >= 15 is 0 Å². The van der Waals surface area contributed by atoms with Crippen molar-refractivity contribution < 1.29 is 0 Å². The molecule has 0 aliphatic heterocycles. The van der Waals surface area contributed by atoms with Gasteiger partial charge >= 0.3 is 0 Å². The second kappa shape index (κ2) is 6.05. The minimum Gasteiger partial charge on any atom is -0.339 e. The zero-order valence-electron chi connectivity index (χ0n) is 13.5. The molecular weight excluding hydrogens is 318 g/mol. The van der Waals surface area contributed by atoms with Gasteiger partial charge in [-0.3, -0.25) is 4.98 Å². The molecule has 24 heavy (non-hydrogen) atoms. The van der Waals surface area contributed by atoms with E-state index in [9.17, 15) is 0 Å². The SMILES string of the molecule is CCc1cc(-c2cccs2)ncc1Nc1cc2c(cn1)ncn2C. The molecule has 0 bridgehead atoms. The number of anilines is 2. The Kier molecular flexibility index (Phi) is 3.74. The van der Waals surface area contributed by atoms with Crippen LogP contribution in [-0.2, 0) is 13.5 Å². The summed E-state index contributed by atoms with van der Waals surface area (Å²) in [6, 6.07) is 8.30. The molecule has 120 valence electrons. The number of hydrogen-bond donors (Lipinski definition) is 1. The third kappa shape index (κ3) is 2.65. The molecule has 0 radical (unpaired) electrons. The number of aryl methyl sites for hydroxylation is 2. The Morgan fingerprint density at radius 1 is 1.17 bits per heavy atom. The van der Waals surface area contributed by atoms with E-state index in [4.69, 9.17) is 0 Å². The van der Waals surface area contributed by atoms with Crippen LogP contribution in [-0.4, -0.2) is 19.5 Å².